The number of hydrazone groups is 1. The van der Waals surface area contributed by atoms with Crippen LogP contribution in [-0.4, -0.2) is 155 Å². The predicted molar refractivity (Wildman–Crippen MR) is 281 cm³/mol. The number of anilines is 1. The Hall–Kier alpha value is -5.93. The SMILES string of the molecule is BC12OB=C(Nc3ccc(CNC(=O)N4CCC(N5CCN(C(=O)CCSSC(C)(C)CC(=O)N/N=C(\C)c6ccc(OCCCC(=O)ON7C(=O)CCC7=O)cc6)CC5)CC4)c(F)c3)C1C2c1cccnc1. The number of pyridine rings is 1. The van der Waals surface area contributed by atoms with Gasteiger partial charge in [0.05, 0.1) is 18.7 Å². The summed E-state index contributed by atoms with van der Waals surface area (Å²) in [4.78, 5) is 89.6. The quantitative estimate of drug-likeness (QED) is 0.0342. The summed E-state index contributed by atoms with van der Waals surface area (Å²) in [5, 5.41) is 11.1. The molecule has 3 atom stereocenters. The number of carbonyl (C=O) groups excluding carboxylic acids is 6. The van der Waals surface area contributed by atoms with Gasteiger partial charge in [0.15, 0.2) is 0 Å². The molecule has 0 bridgehead atoms. The van der Waals surface area contributed by atoms with Crippen LogP contribution >= 0.6 is 21.6 Å². The molecule has 386 valence electrons. The first kappa shape index (κ1) is 53.4. The van der Waals surface area contributed by atoms with Gasteiger partial charge in [0, 0.05) is 68.4 Å². The number of carbonyl (C=O) groups is 6. The van der Waals surface area contributed by atoms with Crippen LogP contribution in [0, 0.1) is 11.7 Å². The number of aromatic nitrogens is 1. The third-order valence-electron chi connectivity index (χ3n) is 13.9. The first-order valence-corrected chi connectivity index (χ1v) is 27.2. The molecule has 3 N–H and O–H groups in total. The molecule has 2 aromatic carbocycles. The minimum atomic E-state index is -0.676. The van der Waals surface area contributed by atoms with E-state index in [1.807, 2.05) is 49.2 Å². The number of nitrogens with one attached hydrogen (secondary N) is 3. The fourth-order valence-electron chi connectivity index (χ4n) is 9.73. The van der Waals surface area contributed by atoms with Gasteiger partial charge >= 0.3 is 182 Å². The molecular weight excluding hydrogens is 975 g/mol. The standard InChI is InChI=1S/C50H62B2FN9O9S2/c1-32(33-9-12-38(13-10-33)69-26-5-7-44(67)70-62-42(65)14-15-43(62)66)57-58-40(63)29-49(2,3)73-72-27-18-41(64)60-24-22-59(23-25-60)37-16-20-61(21-17-37)48(68)55-31-34-8-11-36(28-39(34)53)56-47-46-45(50(46,51)71-52-47)35-6-4-19-54-30-35/h4,6,8-13,19,28,30,37,45-46,56H,5,7,14-18,20-27,29,31,51H2,1-3H3,(H,55,68)(H,58,63)/b57-32+. The van der Waals surface area contributed by atoms with E-state index in [1.165, 1.54) is 6.07 Å². The normalized spacial score (nSPS) is 21.2. The molecule has 1 saturated carbocycles. The molecule has 4 fully saturated rings. The van der Waals surface area contributed by atoms with E-state index in [0.29, 0.717) is 78.6 Å². The molecule has 3 saturated heterocycles. The predicted octanol–water partition coefficient (Wildman–Crippen LogP) is 4.22. The number of nitrogens with zero attached hydrogens (tertiary/aromatic N) is 6. The fourth-order valence-corrected chi connectivity index (χ4v) is 12.2. The van der Waals surface area contributed by atoms with Crippen molar-refractivity contribution in [1.82, 2.24) is 35.5 Å². The van der Waals surface area contributed by atoms with Gasteiger partial charge in [-0.3, -0.25) is 24.1 Å². The molecule has 5 aliphatic rings. The van der Waals surface area contributed by atoms with Crippen molar-refractivity contribution in [2.24, 2.45) is 11.0 Å². The monoisotopic (exact) mass is 1040 g/mol. The summed E-state index contributed by atoms with van der Waals surface area (Å²) in [6.45, 7) is 10.2. The number of urea groups is 1. The number of piperidine rings is 1. The van der Waals surface area contributed by atoms with Crippen LogP contribution < -0.4 is 20.8 Å². The molecule has 1 aromatic heterocycles. The minimum absolute atomic E-state index is 0.0150. The number of ether oxygens (including phenoxy) is 1. The van der Waals surface area contributed by atoms with E-state index in [2.05, 4.69) is 45.0 Å². The van der Waals surface area contributed by atoms with E-state index in [4.69, 9.17) is 14.2 Å². The second-order valence-electron chi connectivity index (χ2n) is 19.7. The number of likely N-dealkylation sites (tertiary alicyclic amines) is 1. The van der Waals surface area contributed by atoms with Crippen molar-refractivity contribution in [3.8, 4) is 5.75 Å². The molecule has 3 unspecified atom stereocenters. The Kier molecular flexibility index (Phi) is 17.5. The van der Waals surface area contributed by atoms with E-state index < -0.39 is 28.3 Å². The van der Waals surface area contributed by atoms with Gasteiger partial charge in [-0.1, -0.05) is 21.6 Å². The number of hydroxylamine groups is 2. The molecule has 23 heteroatoms. The number of fused-ring (bicyclic) bond motifs is 1. The second kappa shape index (κ2) is 24.0. The maximum absolute atomic E-state index is 15.3. The summed E-state index contributed by atoms with van der Waals surface area (Å²) in [5.74, 6) is -0.689. The number of imide groups is 1. The van der Waals surface area contributed by atoms with Crippen molar-refractivity contribution in [2.45, 2.75) is 101 Å². The Bertz CT molecular complexity index is 2570. The number of hydrogen-bond acceptors (Lipinski definition) is 15. The van der Waals surface area contributed by atoms with Crippen molar-refractivity contribution < 1.29 is 47.4 Å². The topological polar surface area (TPSA) is 204 Å². The summed E-state index contributed by atoms with van der Waals surface area (Å²) in [7, 11) is 6.96. The van der Waals surface area contributed by atoms with Crippen molar-refractivity contribution >= 4 is 89.2 Å². The summed E-state index contributed by atoms with van der Waals surface area (Å²) in [6, 6.07) is 16.2. The Morgan fingerprint density at radius 2 is 1.71 bits per heavy atom. The summed E-state index contributed by atoms with van der Waals surface area (Å²) < 4.78 is 26.6. The van der Waals surface area contributed by atoms with Crippen LogP contribution in [-0.2, 0) is 40.0 Å². The van der Waals surface area contributed by atoms with E-state index >= 15 is 4.39 Å². The first-order chi connectivity index (χ1) is 35.1. The number of rotatable bonds is 21. The molecule has 4 aliphatic heterocycles. The van der Waals surface area contributed by atoms with Crippen LogP contribution in [0.25, 0.3) is 0 Å². The van der Waals surface area contributed by atoms with Gasteiger partial charge in [0.2, 0.25) is 11.8 Å². The molecule has 1 aliphatic carbocycles. The van der Waals surface area contributed by atoms with Gasteiger partial charge in [0.25, 0.3) is 11.8 Å². The zero-order valence-corrected chi connectivity index (χ0v) is 43.4. The van der Waals surface area contributed by atoms with Crippen LogP contribution in [0.4, 0.5) is 14.9 Å². The van der Waals surface area contributed by atoms with Crippen LogP contribution in [0.3, 0.4) is 0 Å². The number of halogens is 1. The van der Waals surface area contributed by atoms with Gasteiger partial charge in [-0.25, -0.2) is 10.2 Å². The molecule has 6 amide bonds. The van der Waals surface area contributed by atoms with Gasteiger partial charge in [0.1, 0.15) is 5.75 Å². The van der Waals surface area contributed by atoms with Crippen molar-refractivity contribution in [3.05, 3.63) is 89.5 Å². The van der Waals surface area contributed by atoms with E-state index in [-0.39, 0.29) is 74.0 Å². The van der Waals surface area contributed by atoms with Crippen LogP contribution in [0.15, 0.2) is 72.1 Å². The zero-order chi connectivity index (χ0) is 51.7. The van der Waals surface area contributed by atoms with Crippen molar-refractivity contribution in [2.75, 3.05) is 56.9 Å². The molecule has 8 rings (SSSR count). The molecule has 73 heavy (non-hydrogen) atoms. The van der Waals surface area contributed by atoms with Crippen molar-refractivity contribution in [3.63, 3.8) is 0 Å². The Balaban J connectivity index is 0.656. The number of piperazine rings is 1. The van der Waals surface area contributed by atoms with Crippen LogP contribution in [0.2, 0.25) is 0 Å². The Labute approximate surface area is 434 Å². The van der Waals surface area contributed by atoms with Crippen LogP contribution in [0.1, 0.15) is 94.7 Å². The summed E-state index contributed by atoms with van der Waals surface area (Å²) in [5.41, 5.74) is 6.76. The van der Waals surface area contributed by atoms with Crippen molar-refractivity contribution in [1.29, 1.82) is 0 Å². The third kappa shape index (κ3) is 13.8. The number of hydrogen-bond donors (Lipinski definition) is 3. The first-order valence-electron chi connectivity index (χ1n) is 24.9. The molecule has 18 nitrogen and oxygen atoms in total. The average Bonchev–Trinajstić information content (AvgIpc) is 3.70. The van der Waals surface area contributed by atoms with E-state index in [1.54, 1.807) is 64.9 Å². The van der Waals surface area contributed by atoms with Gasteiger partial charge < -0.3 is 14.5 Å². The molecule has 0 spiro atoms. The molecular formula is C50H62B2FN9O9S2. The molecule has 3 aromatic rings. The van der Waals surface area contributed by atoms with Gasteiger partial charge in [-0.05, 0) is 57.0 Å². The summed E-state index contributed by atoms with van der Waals surface area (Å²) >= 11 is 0. The van der Waals surface area contributed by atoms with Crippen LogP contribution in [0.5, 0.6) is 5.75 Å². The van der Waals surface area contributed by atoms with Gasteiger partial charge in [-0.15, -0.1) is 5.06 Å². The summed E-state index contributed by atoms with van der Waals surface area (Å²) in [6.07, 6.45) is 6.31. The molecule has 5 heterocycles. The van der Waals surface area contributed by atoms with E-state index in [0.717, 1.165) is 42.6 Å². The number of benzene rings is 2. The average molecular weight is 1040 g/mol. The Morgan fingerprint density at radius 3 is 2.41 bits per heavy atom. The van der Waals surface area contributed by atoms with Gasteiger partial charge in [-0.2, -0.15) is 5.10 Å². The maximum atomic E-state index is 15.3. The third-order valence-corrected chi connectivity index (χ3v) is 17.2. The fraction of sp³-hybridized carbons (Fsp3) is 0.500. The Morgan fingerprint density at radius 1 is 0.973 bits per heavy atom. The second-order valence-corrected chi connectivity index (χ2v) is 22.8. The molecule has 0 radical (unpaired) electrons. The van der Waals surface area contributed by atoms with E-state index in [9.17, 15) is 28.8 Å². The number of amides is 6. The zero-order valence-electron chi connectivity index (χ0n) is 41.7.